The molecule has 0 saturated carbocycles. The van der Waals surface area contributed by atoms with Gasteiger partial charge in [-0.05, 0) is 49.4 Å². The fraction of sp³-hybridized carbons (Fsp3) is 0.579. The lowest BCUT2D eigenvalue weighted by molar-refractivity contribution is -0.143. The van der Waals surface area contributed by atoms with Gasteiger partial charge in [0.2, 0.25) is 10.0 Å². The third kappa shape index (κ3) is 6.58. The Bertz CT molecular complexity index is 804. The summed E-state index contributed by atoms with van der Waals surface area (Å²) in [5.74, 6) is -0.347. The Morgan fingerprint density at radius 3 is 2.31 bits per heavy atom. The van der Waals surface area contributed by atoms with Crippen LogP contribution in [0.1, 0.15) is 33.1 Å². The number of nitrogens with one attached hydrogen (secondary N) is 1. The first-order valence-corrected chi connectivity index (χ1v) is 11.3. The van der Waals surface area contributed by atoms with Crippen LogP contribution in [-0.2, 0) is 24.3 Å². The van der Waals surface area contributed by atoms with E-state index >= 15 is 0 Å². The molecule has 0 aliphatic carbocycles. The number of carbonyl (C=O) groups excluding carboxylic acids is 2. The molecule has 1 aromatic carbocycles. The molecule has 1 N–H and O–H groups in total. The molecular formula is C19H27ClN2O6S. The van der Waals surface area contributed by atoms with Crippen LogP contribution in [-0.4, -0.2) is 57.1 Å². The maximum absolute atomic E-state index is 12.7. The molecule has 0 bridgehead atoms. The highest BCUT2D eigenvalue weighted by Crippen LogP contribution is 2.23. The predicted octanol–water partition coefficient (Wildman–Crippen LogP) is 2.81. The van der Waals surface area contributed by atoms with Crippen molar-refractivity contribution in [2.45, 2.75) is 50.2 Å². The number of benzene rings is 1. The minimum Gasteiger partial charge on any atom is -0.467 e. The van der Waals surface area contributed by atoms with Crippen LogP contribution < -0.4 is 5.32 Å². The monoisotopic (exact) mass is 446 g/mol. The molecule has 0 spiro atoms. The molecule has 0 aromatic heterocycles. The van der Waals surface area contributed by atoms with Gasteiger partial charge in [-0.25, -0.2) is 18.0 Å². The molecule has 2 rings (SSSR count). The maximum Gasteiger partial charge on any atom is 0.408 e. The number of hydrogen-bond acceptors (Lipinski definition) is 6. The molecule has 1 saturated heterocycles. The molecule has 1 aliphatic rings. The normalized spacial score (nSPS) is 17.0. The molecule has 10 heteroatoms. The van der Waals surface area contributed by atoms with Crippen molar-refractivity contribution in [2.75, 3.05) is 20.2 Å². The zero-order chi connectivity index (χ0) is 21.6. The number of sulfonamides is 1. The molecule has 0 radical (unpaired) electrons. The van der Waals surface area contributed by atoms with E-state index in [0.717, 1.165) is 0 Å². The number of hydrogen-bond donors (Lipinski definition) is 1. The summed E-state index contributed by atoms with van der Waals surface area (Å²) in [6, 6.07) is 5.22. The Labute approximate surface area is 176 Å². The molecule has 1 amide bonds. The van der Waals surface area contributed by atoms with Gasteiger partial charge in [-0.2, -0.15) is 4.31 Å². The van der Waals surface area contributed by atoms with Gasteiger partial charge < -0.3 is 14.8 Å². The topological polar surface area (TPSA) is 102 Å². The van der Waals surface area contributed by atoms with Crippen molar-refractivity contribution in [3.05, 3.63) is 29.3 Å². The number of alkyl carbamates (subject to hydrolysis) is 1. The number of ether oxygens (including phenoxy) is 2. The van der Waals surface area contributed by atoms with Gasteiger partial charge in [0.1, 0.15) is 12.1 Å². The number of amides is 1. The van der Waals surface area contributed by atoms with Crippen LogP contribution in [0.3, 0.4) is 0 Å². The van der Waals surface area contributed by atoms with Crippen LogP contribution in [0.5, 0.6) is 0 Å². The molecule has 8 nitrogen and oxygen atoms in total. The van der Waals surface area contributed by atoms with Gasteiger partial charge >= 0.3 is 12.1 Å². The van der Waals surface area contributed by atoms with Crippen molar-refractivity contribution >= 4 is 33.7 Å². The van der Waals surface area contributed by atoms with Crippen LogP contribution in [0.15, 0.2) is 29.2 Å². The number of nitrogens with zero attached hydrogens (tertiary/aromatic N) is 1. The van der Waals surface area contributed by atoms with Gasteiger partial charge in [-0.3, -0.25) is 0 Å². The molecule has 1 heterocycles. The molecule has 162 valence electrons. The van der Waals surface area contributed by atoms with Gasteiger partial charge in [0.15, 0.2) is 0 Å². The minimum atomic E-state index is -3.62. The van der Waals surface area contributed by atoms with Crippen molar-refractivity contribution in [3.63, 3.8) is 0 Å². The van der Waals surface area contributed by atoms with Crippen molar-refractivity contribution in [1.29, 1.82) is 0 Å². The summed E-state index contributed by atoms with van der Waals surface area (Å²) in [5, 5.41) is 3.00. The summed E-state index contributed by atoms with van der Waals surface area (Å²) in [6.07, 6.45) is 0.0317. The van der Waals surface area contributed by atoms with E-state index < -0.39 is 34.2 Å². The Balaban J connectivity index is 1.89. The van der Waals surface area contributed by atoms with Gasteiger partial charge in [-0.1, -0.05) is 25.4 Å². The largest absolute Gasteiger partial charge is 0.467 e. The second-order valence-electron chi connectivity index (χ2n) is 7.31. The molecule has 29 heavy (non-hydrogen) atoms. The van der Waals surface area contributed by atoms with E-state index in [4.69, 9.17) is 21.1 Å². The number of carbonyl (C=O) groups is 2. The summed E-state index contributed by atoms with van der Waals surface area (Å²) in [4.78, 5) is 24.2. The van der Waals surface area contributed by atoms with Crippen molar-refractivity contribution in [3.8, 4) is 0 Å². The SMILES string of the molecule is COC(=O)[C@H](CC(C)C)NC(=O)OC1CCN(S(=O)(=O)c2ccc(Cl)cc2)CC1. The van der Waals surface area contributed by atoms with E-state index in [2.05, 4.69) is 5.32 Å². The molecule has 1 atom stereocenters. The second kappa shape index (κ2) is 10.3. The van der Waals surface area contributed by atoms with Crippen LogP contribution >= 0.6 is 11.6 Å². The van der Waals surface area contributed by atoms with E-state index in [0.29, 0.717) is 24.3 Å². The summed E-state index contributed by atoms with van der Waals surface area (Å²) >= 11 is 5.82. The molecule has 0 unspecified atom stereocenters. The summed E-state index contributed by atoms with van der Waals surface area (Å²) in [6.45, 7) is 4.32. The van der Waals surface area contributed by atoms with E-state index in [1.54, 1.807) is 0 Å². The van der Waals surface area contributed by atoms with Crippen LogP contribution in [0.25, 0.3) is 0 Å². The Morgan fingerprint density at radius 2 is 1.79 bits per heavy atom. The third-order valence-electron chi connectivity index (χ3n) is 4.61. The van der Waals surface area contributed by atoms with Crippen molar-refractivity contribution in [2.24, 2.45) is 5.92 Å². The summed E-state index contributed by atoms with van der Waals surface area (Å²) < 4.78 is 36.9. The van der Waals surface area contributed by atoms with Crippen molar-refractivity contribution < 1.29 is 27.5 Å². The standard InChI is InChI=1S/C19H27ClN2O6S/c1-13(2)12-17(18(23)27-3)21-19(24)28-15-8-10-22(11-9-15)29(25,26)16-6-4-14(20)5-7-16/h4-7,13,15,17H,8-12H2,1-3H3,(H,21,24)/t17-/m0/s1. The number of esters is 1. The Morgan fingerprint density at radius 1 is 1.21 bits per heavy atom. The minimum absolute atomic E-state index is 0.175. The van der Waals surface area contributed by atoms with E-state index in [-0.39, 0.29) is 23.9 Å². The predicted molar refractivity (Wildman–Crippen MR) is 108 cm³/mol. The van der Waals surface area contributed by atoms with E-state index in [9.17, 15) is 18.0 Å². The highest BCUT2D eigenvalue weighted by Gasteiger charge is 2.31. The molecule has 1 aromatic rings. The average Bonchev–Trinajstić information content (AvgIpc) is 2.67. The highest BCUT2D eigenvalue weighted by atomic mass is 35.5. The zero-order valence-electron chi connectivity index (χ0n) is 16.8. The van der Waals surface area contributed by atoms with E-state index in [1.807, 2.05) is 13.8 Å². The zero-order valence-corrected chi connectivity index (χ0v) is 18.3. The summed E-state index contributed by atoms with van der Waals surface area (Å²) in [7, 11) is -2.36. The van der Waals surface area contributed by atoms with Gasteiger partial charge in [-0.15, -0.1) is 0 Å². The molecule has 1 aliphatic heterocycles. The molecule has 1 fully saturated rings. The van der Waals surface area contributed by atoms with Gasteiger partial charge in [0.05, 0.1) is 12.0 Å². The summed E-state index contributed by atoms with van der Waals surface area (Å²) in [5.41, 5.74) is 0. The maximum atomic E-state index is 12.7. The van der Waals surface area contributed by atoms with Crippen LogP contribution in [0, 0.1) is 5.92 Å². The quantitative estimate of drug-likeness (QED) is 0.646. The van der Waals surface area contributed by atoms with Crippen molar-refractivity contribution in [1.82, 2.24) is 9.62 Å². The second-order valence-corrected chi connectivity index (χ2v) is 9.69. The fourth-order valence-corrected chi connectivity index (χ4v) is 4.70. The lowest BCUT2D eigenvalue weighted by Crippen LogP contribution is -2.46. The van der Waals surface area contributed by atoms with Crippen LogP contribution in [0.2, 0.25) is 5.02 Å². The first-order chi connectivity index (χ1) is 13.6. The third-order valence-corrected chi connectivity index (χ3v) is 6.78. The van der Waals surface area contributed by atoms with E-state index in [1.165, 1.54) is 35.7 Å². The fourth-order valence-electron chi connectivity index (χ4n) is 3.10. The lowest BCUT2D eigenvalue weighted by atomic mass is 10.0. The smallest absolute Gasteiger partial charge is 0.408 e. The Hall–Kier alpha value is -1.84. The van der Waals surface area contributed by atoms with Gasteiger partial charge in [0.25, 0.3) is 0 Å². The van der Waals surface area contributed by atoms with Crippen LogP contribution in [0.4, 0.5) is 4.79 Å². The Kier molecular flexibility index (Phi) is 8.30. The molecular weight excluding hydrogens is 420 g/mol. The number of piperidine rings is 1. The first-order valence-electron chi connectivity index (χ1n) is 9.44. The highest BCUT2D eigenvalue weighted by molar-refractivity contribution is 7.89. The number of methoxy groups -OCH3 is 1. The number of halogens is 1. The average molecular weight is 447 g/mol. The number of rotatable bonds is 7. The first kappa shape index (κ1) is 23.4. The lowest BCUT2D eigenvalue weighted by Gasteiger charge is -2.31. The van der Waals surface area contributed by atoms with Gasteiger partial charge in [0, 0.05) is 18.1 Å².